The van der Waals surface area contributed by atoms with Crippen molar-refractivity contribution in [2.75, 3.05) is 5.32 Å². The Hall–Kier alpha value is -2.04. The molecule has 4 nitrogen and oxygen atoms in total. The summed E-state index contributed by atoms with van der Waals surface area (Å²) in [7, 11) is 0. The maximum absolute atomic E-state index is 6.33. The Bertz CT molecular complexity index is 873. The first-order valence-electron chi connectivity index (χ1n) is 8.92. The minimum atomic E-state index is 0.188. The van der Waals surface area contributed by atoms with Crippen LogP contribution in [0.25, 0.3) is 11.0 Å². The van der Waals surface area contributed by atoms with Crippen LogP contribution in [0.5, 0.6) is 0 Å². The van der Waals surface area contributed by atoms with Crippen molar-refractivity contribution in [3.05, 3.63) is 59.1 Å². The van der Waals surface area contributed by atoms with E-state index in [-0.39, 0.29) is 12.1 Å². The van der Waals surface area contributed by atoms with Gasteiger partial charge in [0, 0.05) is 17.1 Å². The van der Waals surface area contributed by atoms with E-state index < -0.39 is 0 Å². The Morgan fingerprint density at radius 2 is 1.96 bits per heavy atom. The number of hydrogen-bond acceptors (Lipinski definition) is 3. The summed E-state index contributed by atoms with van der Waals surface area (Å²) in [6.45, 7) is 0.728. The molecule has 0 saturated heterocycles. The first-order valence-corrected chi connectivity index (χ1v) is 9.30. The molecule has 2 unspecified atom stereocenters. The third-order valence-corrected chi connectivity index (χ3v) is 5.25. The number of hydrogen-bond donors (Lipinski definition) is 2. The van der Waals surface area contributed by atoms with Crippen LogP contribution in [-0.4, -0.2) is 21.6 Å². The highest BCUT2D eigenvalue weighted by Gasteiger charge is 2.23. The lowest BCUT2D eigenvalue weighted by molar-refractivity contribution is 0.401. The van der Waals surface area contributed by atoms with Gasteiger partial charge in [0.25, 0.3) is 0 Å². The molecule has 0 amide bonds. The van der Waals surface area contributed by atoms with E-state index in [1.807, 2.05) is 24.3 Å². The molecule has 1 fully saturated rings. The lowest BCUT2D eigenvalue weighted by atomic mass is 9.91. The summed E-state index contributed by atoms with van der Waals surface area (Å²) in [5.41, 5.74) is 9.60. The van der Waals surface area contributed by atoms with Crippen molar-refractivity contribution < 1.29 is 0 Å². The lowest BCUT2D eigenvalue weighted by Gasteiger charge is -2.29. The fraction of sp³-hybridized carbons (Fsp3) is 0.350. The molecular weight excluding hydrogens is 332 g/mol. The standard InChI is InChI=1S/C20H23ClN4/c21-15-7-5-6-14(12-15)13-25-19-11-4-3-10-18(19)24-20(25)23-17-9-2-1-8-16(17)22/h3-7,10-12,16-17H,1-2,8-9,13,22H2,(H,23,24). The lowest BCUT2D eigenvalue weighted by Crippen LogP contribution is -2.43. The van der Waals surface area contributed by atoms with Gasteiger partial charge in [-0.1, -0.05) is 48.7 Å². The maximum atomic E-state index is 6.33. The van der Waals surface area contributed by atoms with Gasteiger partial charge < -0.3 is 15.6 Å². The molecule has 0 aliphatic heterocycles. The summed E-state index contributed by atoms with van der Waals surface area (Å²) in [5.74, 6) is 0.892. The van der Waals surface area contributed by atoms with Gasteiger partial charge in [-0.25, -0.2) is 4.98 Å². The first kappa shape index (κ1) is 16.4. The largest absolute Gasteiger partial charge is 0.351 e. The van der Waals surface area contributed by atoms with Gasteiger partial charge in [-0.15, -0.1) is 0 Å². The molecule has 2 aromatic carbocycles. The molecule has 130 valence electrons. The Kier molecular flexibility index (Phi) is 4.64. The second-order valence-corrected chi connectivity index (χ2v) is 7.28. The summed E-state index contributed by atoms with van der Waals surface area (Å²) < 4.78 is 2.22. The van der Waals surface area contributed by atoms with Crippen LogP contribution >= 0.6 is 11.6 Å². The average molecular weight is 355 g/mol. The van der Waals surface area contributed by atoms with Gasteiger partial charge in [0.2, 0.25) is 5.95 Å². The summed E-state index contributed by atoms with van der Waals surface area (Å²) in [4.78, 5) is 4.82. The number of halogens is 1. The van der Waals surface area contributed by atoms with Gasteiger partial charge in [-0.3, -0.25) is 0 Å². The van der Waals surface area contributed by atoms with Crippen molar-refractivity contribution >= 4 is 28.6 Å². The molecule has 0 spiro atoms. The van der Waals surface area contributed by atoms with E-state index in [1.54, 1.807) is 0 Å². The van der Waals surface area contributed by atoms with E-state index in [2.05, 4.69) is 34.1 Å². The van der Waals surface area contributed by atoms with Crippen LogP contribution in [0.15, 0.2) is 48.5 Å². The predicted octanol–water partition coefficient (Wildman–Crippen LogP) is 4.42. The molecule has 1 aliphatic rings. The third-order valence-electron chi connectivity index (χ3n) is 5.02. The predicted molar refractivity (Wildman–Crippen MR) is 104 cm³/mol. The molecule has 3 aromatic rings. The minimum absolute atomic E-state index is 0.188. The van der Waals surface area contributed by atoms with Crippen molar-refractivity contribution in [1.29, 1.82) is 0 Å². The van der Waals surface area contributed by atoms with E-state index in [0.717, 1.165) is 47.0 Å². The summed E-state index contributed by atoms with van der Waals surface area (Å²) in [6, 6.07) is 16.7. The molecular formula is C20H23ClN4. The molecule has 3 N–H and O–H groups in total. The van der Waals surface area contributed by atoms with Crippen LogP contribution in [0.4, 0.5) is 5.95 Å². The van der Waals surface area contributed by atoms with Crippen LogP contribution in [0.2, 0.25) is 5.02 Å². The number of nitrogens with zero attached hydrogens (tertiary/aromatic N) is 2. The molecule has 0 radical (unpaired) electrons. The van der Waals surface area contributed by atoms with E-state index in [0.29, 0.717) is 0 Å². The smallest absolute Gasteiger partial charge is 0.204 e. The first-order chi connectivity index (χ1) is 12.2. The second-order valence-electron chi connectivity index (χ2n) is 6.84. The number of anilines is 1. The quantitative estimate of drug-likeness (QED) is 0.729. The minimum Gasteiger partial charge on any atom is -0.351 e. The van der Waals surface area contributed by atoms with Crippen molar-refractivity contribution in [2.24, 2.45) is 5.73 Å². The van der Waals surface area contributed by atoms with Gasteiger partial charge in [0.1, 0.15) is 0 Å². The molecule has 4 rings (SSSR count). The van der Waals surface area contributed by atoms with Gasteiger partial charge in [-0.2, -0.15) is 0 Å². The van der Waals surface area contributed by atoms with E-state index in [4.69, 9.17) is 22.3 Å². The van der Waals surface area contributed by atoms with Crippen LogP contribution < -0.4 is 11.1 Å². The number of rotatable bonds is 4. The number of fused-ring (bicyclic) bond motifs is 1. The normalized spacial score (nSPS) is 20.7. The second kappa shape index (κ2) is 7.06. The van der Waals surface area contributed by atoms with E-state index >= 15 is 0 Å². The molecule has 0 bridgehead atoms. The molecule has 1 saturated carbocycles. The number of aromatic nitrogens is 2. The molecule has 1 aliphatic carbocycles. The topological polar surface area (TPSA) is 55.9 Å². The monoisotopic (exact) mass is 354 g/mol. The Balaban J connectivity index is 1.70. The van der Waals surface area contributed by atoms with Crippen molar-refractivity contribution in [3.8, 4) is 0 Å². The van der Waals surface area contributed by atoms with Gasteiger partial charge >= 0.3 is 0 Å². The molecule has 1 aromatic heterocycles. The highest BCUT2D eigenvalue weighted by molar-refractivity contribution is 6.30. The Morgan fingerprint density at radius 1 is 1.12 bits per heavy atom. The fourth-order valence-corrected chi connectivity index (χ4v) is 3.88. The highest BCUT2D eigenvalue weighted by Crippen LogP contribution is 2.25. The van der Waals surface area contributed by atoms with E-state index in [9.17, 15) is 0 Å². The third kappa shape index (κ3) is 3.51. The fourth-order valence-electron chi connectivity index (χ4n) is 3.67. The van der Waals surface area contributed by atoms with Gasteiger partial charge in [0.15, 0.2) is 0 Å². The number of para-hydroxylation sites is 2. The Morgan fingerprint density at radius 3 is 2.80 bits per heavy atom. The summed E-state index contributed by atoms with van der Waals surface area (Å²) >= 11 is 6.16. The highest BCUT2D eigenvalue weighted by atomic mass is 35.5. The molecule has 5 heteroatoms. The van der Waals surface area contributed by atoms with Crippen LogP contribution in [-0.2, 0) is 6.54 Å². The summed E-state index contributed by atoms with van der Waals surface area (Å²) in [5, 5.41) is 4.37. The number of nitrogens with two attached hydrogens (primary N) is 1. The maximum Gasteiger partial charge on any atom is 0.204 e. The van der Waals surface area contributed by atoms with Crippen LogP contribution in [0.1, 0.15) is 31.2 Å². The zero-order chi connectivity index (χ0) is 17.2. The SMILES string of the molecule is NC1CCCCC1Nc1nc2ccccc2n1Cc1cccc(Cl)c1. The van der Waals surface area contributed by atoms with Crippen LogP contribution in [0, 0.1) is 0 Å². The zero-order valence-corrected chi connectivity index (χ0v) is 14.9. The summed E-state index contributed by atoms with van der Waals surface area (Å²) in [6.07, 6.45) is 4.62. The van der Waals surface area contributed by atoms with Crippen molar-refractivity contribution in [2.45, 2.75) is 44.3 Å². The number of nitrogens with one attached hydrogen (secondary N) is 1. The Labute approximate surface area is 153 Å². The van der Waals surface area contributed by atoms with Crippen molar-refractivity contribution in [1.82, 2.24) is 9.55 Å². The van der Waals surface area contributed by atoms with Gasteiger partial charge in [0.05, 0.1) is 17.6 Å². The van der Waals surface area contributed by atoms with E-state index in [1.165, 1.54) is 12.8 Å². The molecule has 25 heavy (non-hydrogen) atoms. The number of imidazole rings is 1. The molecule has 2 atom stereocenters. The van der Waals surface area contributed by atoms with Gasteiger partial charge in [-0.05, 0) is 42.7 Å². The molecule has 1 heterocycles. The number of benzene rings is 2. The average Bonchev–Trinajstić information content (AvgIpc) is 2.95. The van der Waals surface area contributed by atoms with Crippen molar-refractivity contribution in [3.63, 3.8) is 0 Å². The van der Waals surface area contributed by atoms with Crippen LogP contribution in [0.3, 0.4) is 0 Å². The zero-order valence-electron chi connectivity index (χ0n) is 14.2.